The maximum atomic E-state index is 13.5. The summed E-state index contributed by atoms with van der Waals surface area (Å²) >= 11 is 0. The topological polar surface area (TPSA) is 73.0 Å². The first-order chi connectivity index (χ1) is 16.6. The van der Waals surface area contributed by atoms with E-state index in [-0.39, 0.29) is 17.7 Å². The Hall–Kier alpha value is -3.19. The number of likely N-dealkylation sites (tertiary alicyclic amines) is 1. The van der Waals surface area contributed by atoms with Crippen molar-refractivity contribution in [3.05, 3.63) is 65.2 Å². The van der Waals surface area contributed by atoms with Crippen LogP contribution in [0.3, 0.4) is 0 Å². The fourth-order valence-electron chi connectivity index (χ4n) is 5.38. The van der Waals surface area contributed by atoms with E-state index in [4.69, 9.17) is 0 Å². The van der Waals surface area contributed by atoms with Gasteiger partial charge >= 0.3 is 0 Å². The molecule has 7 heteroatoms. The van der Waals surface area contributed by atoms with Crippen LogP contribution in [0.25, 0.3) is 0 Å². The number of hydrogen-bond donors (Lipinski definition) is 1. The van der Waals surface area contributed by atoms with Gasteiger partial charge in [0.05, 0.1) is 17.8 Å². The normalized spacial score (nSPS) is 20.6. The third-order valence-corrected chi connectivity index (χ3v) is 7.18. The van der Waals surface area contributed by atoms with E-state index in [2.05, 4.69) is 10.2 Å². The van der Waals surface area contributed by atoms with Crippen LogP contribution in [-0.2, 0) is 11.3 Å². The van der Waals surface area contributed by atoms with Crippen LogP contribution >= 0.6 is 0 Å². The quantitative estimate of drug-likeness (QED) is 0.719. The first-order valence-corrected chi connectivity index (χ1v) is 12.4. The molecule has 2 fully saturated rings. The molecule has 0 unspecified atom stereocenters. The number of carbonyl (C=O) groups is 3. The summed E-state index contributed by atoms with van der Waals surface area (Å²) in [6.07, 6.45) is 5.30. The molecular formula is C27H32N4O3. The van der Waals surface area contributed by atoms with E-state index in [1.54, 1.807) is 21.9 Å². The lowest BCUT2D eigenvalue weighted by atomic mass is 10.1. The molecule has 1 N–H and O–H groups in total. The molecule has 2 saturated heterocycles. The van der Waals surface area contributed by atoms with Gasteiger partial charge in [-0.05, 0) is 68.6 Å². The number of nitrogens with one attached hydrogen (secondary N) is 1. The minimum Gasteiger partial charge on any atom is -0.351 e. The van der Waals surface area contributed by atoms with Gasteiger partial charge in [-0.15, -0.1) is 0 Å². The van der Waals surface area contributed by atoms with Crippen LogP contribution in [-0.4, -0.2) is 66.3 Å². The zero-order valence-electron chi connectivity index (χ0n) is 19.5. The Morgan fingerprint density at radius 3 is 2.62 bits per heavy atom. The minimum absolute atomic E-state index is 0.0489. The highest BCUT2D eigenvalue weighted by atomic mass is 16.2. The van der Waals surface area contributed by atoms with Crippen molar-refractivity contribution in [3.63, 3.8) is 0 Å². The number of nitrogens with zero attached hydrogens (tertiary/aromatic N) is 3. The second kappa shape index (κ2) is 9.97. The standard InChI is InChI=1S/C27H32N4O3/c32-25(28-13-17-29-14-4-1-5-15-29)21-9-6-8-20(18-21)19-31-23-11-3-2-10-22(23)26(33)30-16-7-12-24(30)27(31)34/h2-3,6,8-11,18,24H,1,4-5,7,12-17,19H2,(H,28,32)/t24-/m0/s1. The number of piperidine rings is 1. The van der Waals surface area contributed by atoms with Crippen molar-refractivity contribution in [1.29, 1.82) is 0 Å². The summed E-state index contributed by atoms with van der Waals surface area (Å²) in [7, 11) is 0. The summed E-state index contributed by atoms with van der Waals surface area (Å²) in [6, 6.07) is 14.4. The summed E-state index contributed by atoms with van der Waals surface area (Å²) in [5, 5.41) is 3.04. The highest BCUT2D eigenvalue weighted by molar-refractivity contribution is 6.11. The lowest BCUT2D eigenvalue weighted by Crippen LogP contribution is -2.44. The number of amides is 3. The third kappa shape index (κ3) is 4.57. The van der Waals surface area contributed by atoms with Crippen LogP contribution < -0.4 is 10.2 Å². The van der Waals surface area contributed by atoms with Crippen molar-refractivity contribution in [2.24, 2.45) is 0 Å². The van der Waals surface area contributed by atoms with Gasteiger partial charge in [-0.2, -0.15) is 0 Å². The molecule has 1 atom stereocenters. The monoisotopic (exact) mass is 460 g/mol. The zero-order chi connectivity index (χ0) is 23.5. The van der Waals surface area contributed by atoms with Gasteiger partial charge in [-0.1, -0.05) is 30.7 Å². The van der Waals surface area contributed by atoms with Crippen molar-refractivity contribution in [3.8, 4) is 0 Å². The summed E-state index contributed by atoms with van der Waals surface area (Å²) in [6.45, 7) is 4.65. The highest BCUT2D eigenvalue weighted by Crippen LogP contribution is 2.33. The molecule has 0 aromatic heterocycles. The van der Waals surface area contributed by atoms with Gasteiger partial charge in [0.1, 0.15) is 6.04 Å². The Balaban J connectivity index is 1.31. The first-order valence-electron chi connectivity index (χ1n) is 12.4. The van der Waals surface area contributed by atoms with Crippen LogP contribution in [0.4, 0.5) is 5.69 Å². The molecule has 178 valence electrons. The molecule has 5 rings (SSSR count). The van der Waals surface area contributed by atoms with E-state index < -0.39 is 6.04 Å². The summed E-state index contributed by atoms with van der Waals surface area (Å²) < 4.78 is 0. The largest absolute Gasteiger partial charge is 0.351 e. The molecule has 2 aromatic rings. The van der Waals surface area contributed by atoms with Crippen molar-refractivity contribution in [2.45, 2.75) is 44.7 Å². The van der Waals surface area contributed by atoms with Gasteiger partial charge in [-0.25, -0.2) is 0 Å². The van der Waals surface area contributed by atoms with Crippen molar-refractivity contribution < 1.29 is 14.4 Å². The lowest BCUT2D eigenvalue weighted by Gasteiger charge is -2.26. The average molecular weight is 461 g/mol. The smallest absolute Gasteiger partial charge is 0.256 e. The van der Waals surface area contributed by atoms with Crippen LogP contribution in [0.1, 0.15) is 58.4 Å². The average Bonchev–Trinajstić information content (AvgIpc) is 3.35. The second-order valence-corrected chi connectivity index (χ2v) is 9.46. The number of anilines is 1. The lowest BCUT2D eigenvalue weighted by molar-refractivity contribution is -0.122. The van der Waals surface area contributed by atoms with Crippen molar-refractivity contribution >= 4 is 23.4 Å². The van der Waals surface area contributed by atoms with E-state index in [9.17, 15) is 14.4 Å². The summed E-state index contributed by atoms with van der Waals surface area (Å²) in [4.78, 5) is 45.2. The second-order valence-electron chi connectivity index (χ2n) is 9.46. The molecule has 0 bridgehead atoms. The molecule has 0 saturated carbocycles. The first kappa shape index (κ1) is 22.6. The van der Waals surface area contributed by atoms with Crippen LogP contribution in [0.5, 0.6) is 0 Å². The van der Waals surface area contributed by atoms with E-state index in [0.29, 0.717) is 42.9 Å². The number of benzene rings is 2. The van der Waals surface area contributed by atoms with Gasteiger partial charge in [-0.3, -0.25) is 14.4 Å². The van der Waals surface area contributed by atoms with E-state index >= 15 is 0 Å². The molecule has 0 aliphatic carbocycles. The number of hydrogen-bond acceptors (Lipinski definition) is 4. The Bertz CT molecular complexity index is 1080. The van der Waals surface area contributed by atoms with Gasteiger partial charge in [0.15, 0.2) is 0 Å². The molecule has 7 nitrogen and oxygen atoms in total. The SMILES string of the molecule is O=C(NCCN1CCCCC1)c1cccc(CN2C(=O)[C@@H]3CCCN3C(=O)c3ccccc32)c1. The fraction of sp³-hybridized carbons (Fsp3) is 0.444. The van der Waals surface area contributed by atoms with Crippen LogP contribution in [0, 0.1) is 0 Å². The highest BCUT2D eigenvalue weighted by Gasteiger charge is 2.41. The molecular weight excluding hydrogens is 428 g/mol. The third-order valence-electron chi connectivity index (χ3n) is 7.18. The fourth-order valence-corrected chi connectivity index (χ4v) is 5.38. The number of rotatable bonds is 6. The molecule has 0 spiro atoms. The molecule has 3 heterocycles. The Morgan fingerprint density at radius 1 is 0.941 bits per heavy atom. The maximum absolute atomic E-state index is 13.5. The Labute approximate surface area is 200 Å². The molecule has 2 aromatic carbocycles. The molecule has 3 aliphatic rings. The minimum atomic E-state index is -0.416. The van der Waals surface area contributed by atoms with Gasteiger partial charge in [0.25, 0.3) is 11.8 Å². The Kier molecular flexibility index (Phi) is 6.63. The molecule has 34 heavy (non-hydrogen) atoms. The van der Waals surface area contributed by atoms with Gasteiger partial charge in [0, 0.05) is 25.2 Å². The Morgan fingerprint density at radius 2 is 1.76 bits per heavy atom. The molecule has 3 amide bonds. The van der Waals surface area contributed by atoms with Crippen LogP contribution in [0.2, 0.25) is 0 Å². The summed E-state index contributed by atoms with van der Waals surface area (Å²) in [5.74, 6) is -0.221. The van der Waals surface area contributed by atoms with E-state index in [1.807, 2.05) is 36.4 Å². The number of fused-ring (bicyclic) bond motifs is 2. The van der Waals surface area contributed by atoms with Crippen LogP contribution in [0.15, 0.2) is 48.5 Å². The maximum Gasteiger partial charge on any atom is 0.256 e. The summed E-state index contributed by atoms with van der Waals surface area (Å²) in [5.41, 5.74) is 2.66. The van der Waals surface area contributed by atoms with Crippen molar-refractivity contribution in [1.82, 2.24) is 15.1 Å². The predicted molar refractivity (Wildman–Crippen MR) is 131 cm³/mol. The van der Waals surface area contributed by atoms with Gasteiger partial charge in [0.2, 0.25) is 5.91 Å². The van der Waals surface area contributed by atoms with E-state index in [0.717, 1.165) is 31.6 Å². The molecule has 0 radical (unpaired) electrons. The number of para-hydroxylation sites is 1. The predicted octanol–water partition coefficient (Wildman–Crippen LogP) is 3.05. The molecule has 3 aliphatic heterocycles. The zero-order valence-corrected chi connectivity index (χ0v) is 19.5. The van der Waals surface area contributed by atoms with Gasteiger partial charge < -0.3 is 20.0 Å². The van der Waals surface area contributed by atoms with Crippen molar-refractivity contribution in [2.75, 3.05) is 37.6 Å². The number of carbonyl (C=O) groups excluding carboxylic acids is 3. The van der Waals surface area contributed by atoms with E-state index in [1.165, 1.54) is 19.3 Å².